The molecule has 0 saturated heterocycles. The minimum absolute atomic E-state index is 0.0623. The fourth-order valence-electron chi connectivity index (χ4n) is 3.23. The van der Waals surface area contributed by atoms with Gasteiger partial charge in [-0.05, 0) is 50.2 Å². The number of carboxylic acids is 1. The van der Waals surface area contributed by atoms with Gasteiger partial charge in [0.05, 0.1) is 12.8 Å². The first kappa shape index (κ1) is 22.3. The van der Waals surface area contributed by atoms with Crippen molar-refractivity contribution in [3.05, 3.63) is 91.0 Å². The Bertz CT molecular complexity index is 799. The molecule has 0 spiro atoms. The molecule has 0 N–H and O–H groups in total. The van der Waals surface area contributed by atoms with Crippen LogP contribution in [0.25, 0.3) is 0 Å². The lowest BCUT2D eigenvalue weighted by molar-refractivity contribution is -0.303. The maximum absolute atomic E-state index is 9.86. The predicted octanol–water partition coefficient (Wildman–Crippen LogP) is 2.30. The average molecular weight is 408 g/mol. The smallest absolute Gasteiger partial charge is 0.354 e. The van der Waals surface area contributed by atoms with E-state index in [2.05, 4.69) is 103 Å². The Morgan fingerprint density at radius 1 is 0.724 bits per heavy atom. The Hall–Kier alpha value is -2.97. The number of carboxylic acid groups (broad SMARTS) is 1. The third-order valence-corrected chi connectivity index (χ3v) is 9.00. The average Bonchev–Trinajstić information content (AvgIpc) is 2.78. The summed E-state index contributed by atoms with van der Waals surface area (Å²) in [7, 11) is -1.53. The zero-order chi connectivity index (χ0) is 21.1. The van der Waals surface area contributed by atoms with Gasteiger partial charge in [0.1, 0.15) is 23.2 Å². The fraction of sp³-hybridized carbons (Fsp3) is 0.167. The van der Waals surface area contributed by atoms with E-state index in [1.165, 1.54) is 22.8 Å². The van der Waals surface area contributed by atoms with Crippen LogP contribution in [0.15, 0.2) is 91.0 Å². The highest BCUT2D eigenvalue weighted by atomic mass is 31.2. The summed E-state index contributed by atoms with van der Waals surface area (Å²) in [6.45, 7) is 3.90. The van der Waals surface area contributed by atoms with E-state index in [1.54, 1.807) is 0 Å². The highest BCUT2D eigenvalue weighted by molar-refractivity contribution is 7.95. The van der Waals surface area contributed by atoms with Crippen LogP contribution in [0.5, 0.6) is 0 Å². The van der Waals surface area contributed by atoms with Gasteiger partial charge in [0.25, 0.3) is 0 Å². The van der Waals surface area contributed by atoms with Crippen molar-refractivity contribution in [3.8, 4) is 0 Å². The SMILES string of the molecule is CCOC(=O)C(=O)[O-].CC[P+](c1ccccc1)(c1ccccc1)c1ccccc1. The molecule has 0 fully saturated rings. The molecule has 29 heavy (non-hydrogen) atoms. The van der Waals surface area contributed by atoms with Gasteiger partial charge in [-0.25, -0.2) is 4.79 Å². The van der Waals surface area contributed by atoms with Crippen LogP contribution >= 0.6 is 7.26 Å². The van der Waals surface area contributed by atoms with E-state index in [1.807, 2.05) is 0 Å². The standard InChI is InChI=1S/C20H20P.C4H6O4/c1-2-21(18-12-6-3-7-13-18,19-14-8-4-9-15-19)20-16-10-5-11-17-20;1-2-8-4(7)3(5)6/h3-17H,2H2,1H3;2H2,1H3,(H,5,6)/q+1;/p-1. The Morgan fingerprint density at radius 3 is 1.28 bits per heavy atom. The molecule has 150 valence electrons. The molecule has 0 aromatic heterocycles. The number of aliphatic carboxylic acids is 1. The molecule has 3 aromatic carbocycles. The molecule has 0 aliphatic carbocycles. The molecule has 0 heterocycles. The molecule has 3 rings (SSSR count). The molecule has 0 aliphatic heterocycles. The van der Waals surface area contributed by atoms with Crippen molar-refractivity contribution in [1.29, 1.82) is 0 Å². The summed E-state index contributed by atoms with van der Waals surface area (Å²) in [4.78, 5) is 19.4. The van der Waals surface area contributed by atoms with Gasteiger partial charge in [-0.1, -0.05) is 54.6 Å². The summed E-state index contributed by atoms with van der Waals surface area (Å²) < 4.78 is 4.00. The monoisotopic (exact) mass is 408 g/mol. The summed E-state index contributed by atoms with van der Waals surface area (Å²) in [6.07, 6.45) is 1.14. The van der Waals surface area contributed by atoms with Crippen molar-refractivity contribution in [2.24, 2.45) is 0 Å². The Labute approximate surface area is 172 Å². The van der Waals surface area contributed by atoms with Gasteiger partial charge in [-0.2, -0.15) is 0 Å². The first-order valence-electron chi connectivity index (χ1n) is 9.49. The maximum Gasteiger partial charge on any atom is 0.354 e. The van der Waals surface area contributed by atoms with Crippen molar-refractivity contribution in [2.45, 2.75) is 13.8 Å². The maximum atomic E-state index is 9.86. The normalized spacial score (nSPS) is 10.4. The van der Waals surface area contributed by atoms with E-state index in [0.29, 0.717) is 0 Å². The molecular formula is C24H25O4P. The number of rotatable bonds is 5. The Balaban J connectivity index is 0.000000321. The van der Waals surface area contributed by atoms with Crippen LogP contribution in [0, 0.1) is 0 Å². The number of esters is 1. The van der Waals surface area contributed by atoms with Crippen molar-refractivity contribution < 1.29 is 19.4 Å². The summed E-state index contributed by atoms with van der Waals surface area (Å²) >= 11 is 0. The van der Waals surface area contributed by atoms with E-state index >= 15 is 0 Å². The lowest BCUT2D eigenvalue weighted by Gasteiger charge is -2.26. The second-order valence-electron chi connectivity index (χ2n) is 6.14. The molecule has 0 radical (unpaired) electrons. The van der Waals surface area contributed by atoms with Crippen LogP contribution in [-0.4, -0.2) is 24.7 Å². The predicted molar refractivity (Wildman–Crippen MR) is 117 cm³/mol. The third kappa shape index (κ3) is 5.52. The zero-order valence-electron chi connectivity index (χ0n) is 16.7. The lowest BCUT2D eigenvalue weighted by Crippen LogP contribution is -2.33. The molecule has 0 amide bonds. The van der Waals surface area contributed by atoms with Crippen LogP contribution < -0.4 is 21.0 Å². The highest BCUT2D eigenvalue weighted by Gasteiger charge is 2.43. The van der Waals surface area contributed by atoms with Crippen LogP contribution in [0.2, 0.25) is 0 Å². The second-order valence-corrected chi connectivity index (χ2v) is 9.94. The van der Waals surface area contributed by atoms with Gasteiger partial charge >= 0.3 is 5.97 Å². The first-order chi connectivity index (χ1) is 14.1. The molecule has 0 bridgehead atoms. The largest absolute Gasteiger partial charge is 0.539 e. The highest BCUT2D eigenvalue weighted by Crippen LogP contribution is 2.54. The minimum atomic E-state index is -1.80. The van der Waals surface area contributed by atoms with Gasteiger partial charge in [0.2, 0.25) is 0 Å². The van der Waals surface area contributed by atoms with Gasteiger partial charge in [0, 0.05) is 0 Å². The number of hydrogen-bond donors (Lipinski definition) is 0. The van der Waals surface area contributed by atoms with Gasteiger partial charge in [-0.3, -0.25) is 0 Å². The van der Waals surface area contributed by atoms with E-state index in [9.17, 15) is 14.7 Å². The van der Waals surface area contributed by atoms with Gasteiger partial charge < -0.3 is 14.6 Å². The first-order valence-corrected chi connectivity index (χ1v) is 11.5. The van der Waals surface area contributed by atoms with Crippen molar-refractivity contribution in [3.63, 3.8) is 0 Å². The molecule has 3 aromatic rings. The topological polar surface area (TPSA) is 66.4 Å². The van der Waals surface area contributed by atoms with E-state index in [4.69, 9.17) is 0 Å². The Morgan fingerprint density at radius 2 is 1.07 bits per heavy atom. The van der Waals surface area contributed by atoms with Crippen LogP contribution in [0.4, 0.5) is 0 Å². The van der Waals surface area contributed by atoms with Crippen LogP contribution in [0.1, 0.15) is 13.8 Å². The van der Waals surface area contributed by atoms with Gasteiger partial charge in [0.15, 0.2) is 5.97 Å². The zero-order valence-corrected chi connectivity index (χ0v) is 17.5. The van der Waals surface area contributed by atoms with Crippen LogP contribution in [-0.2, 0) is 14.3 Å². The molecule has 0 atom stereocenters. The molecule has 0 saturated carbocycles. The second kappa shape index (κ2) is 11.1. The third-order valence-electron chi connectivity index (χ3n) is 4.51. The summed E-state index contributed by atoms with van der Waals surface area (Å²) in [5.41, 5.74) is 0. The fourth-order valence-corrected chi connectivity index (χ4v) is 7.27. The lowest BCUT2D eigenvalue weighted by atomic mass is 10.4. The molecular weight excluding hydrogens is 383 g/mol. The molecule has 0 unspecified atom stereocenters. The van der Waals surface area contributed by atoms with Gasteiger partial charge in [-0.15, -0.1) is 0 Å². The summed E-state index contributed by atoms with van der Waals surface area (Å²) in [6, 6.07) is 33.0. The van der Waals surface area contributed by atoms with E-state index < -0.39 is 19.2 Å². The molecule has 5 heteroatoms. The van der Waals surface area contributed by atoms with E-state index in [-0.39, 0.29) is 6.61 Å². The Kier molecular flexibility index (Phi) is 8.57. The van der Waals surface area contributed by atoms with Crippen molar-refractivity contribution >= 4 is 35.1 Å². The number of carbonyl (C=O) groups is 2. The van der Waals surface area contributed by atoms with Crippen molar-refractivity contribution in [2.75, 3.05) is 12.8 Å². The number of carbonyl (C=O) groups excluding carboxylic acids is 2. The van der Waals surface area contributed by atoms with Crippen LogP contribution in [0.3, 0.4) is 0 Å². The molecule has 0 aliphatic rings. The number of ether oxygens (including phenoxy) is 1. The minimum Gasteiger partial charge on any atom is -0.539 e. The number of hydrogen-bond acceptors (Lipinski definition) is 4. The quantitative estimate of drug-likeness (QED) is 0.369. The summed E-state index contributed by atoms with van der Waals surface area (Å²) in [5.74, 6) is -3.11. The molecule has 4 nitrogen and oxygen atoms in total. The number of benzene rings is 3. The van der Waals surface area contributed by atoms with E-state index in [0.717, 1.165) is 6.16 Å². The van der Waals surface area contributed by atoms with Crippen molar-refractivity contribution in [1.82, 2.24) is 0 Å². The summed E-state index contributed by atoms with van der Waals surface area (Å²) in [5, 5.41) is 13.9.